The van der Waals surface area contributed by atoms with Gasteiger partial charge in [-0.1, -0.05) is 36.4 Å². The SMILES string of the molecule is Cc1cccnc1[C@H](C)NC(=O)Cc1csc(-c2ccccc2)n1. The molecular weight excluding hydrogens is 318 g/mol. The summed E-state index contributed by atoms with van der Waals surface area (Å²) >= 11 is 1.56. The standard InChI is InChI=1S/C19H19N3OS/c1-13-7-6-10-20-18(13)14(2)21-17(23)11-16-12-24-19(22-16)15-8-4-3-5-9-15/h3-10,12,14H,11H2,1-2H3,(H,21,23)/t14-/m0/s1. The maximum absolute atomic E-state index is 12.3. The molecule has 0 spiro atoms. The zero-order valence-corrected chi connectivity index (χ0v) is 14.5. The van der Waals surface area contributed by atoms with Crippen LogP contribution < -0.4 is 5.32 Å². The van der Waals surface area contributed by atoms with Crippen molar-refractivity contribution in [1.29, 1.82) is 0 Å². The Kier molecular flexibility index (Phi) is 5.01. The molecule has 1 amide bonds. The first kappa shape index (κ1) is 16.3. The zero-order chi connectivity index (χ0) is 16.9. The van der Waals surface area contributed by atoms with Crippen LogP contribution in [-0.4, -0.2) is 15.9 Å². The van der Waals surface area contributed by atoms with E-state index in [2.05, 4.69) is 15.3 Å². The molecule has 0 unspecified atom stereocenters. The molecule has 3 rings (SSSR count). The summed E-state index contributed by atoms with van der Waals surface area (Å²) < 4.78 is 0. The highest BCUT2D eigenvalue weighted by Crippen LogP contribution is 2.23. The van der Waals surface area contributed by atoms with Crippen molar-refractivity contribution in [2.75, 3.05) is 0 Å². The number of amides is 1. The molecule has 0 saturated heterocycles. The number of carbonyl (C=O) groups excluding carboxylic acids is 1. The van der Waals surface area contributed by atoms with Crippen molar-refractivity contribution in [3.05, 3.63) is 71.0 Å². The van der Waals surface area contributed by atoms with E-state index in [-0.39, 0.29) is 18.4 Å². The normalized spacial score (nSPS) is 11.9. The fourth-order valence-corrected chi connectivity index (χ4v) is 3.40. The van der Waals surface area contributed by atoms with Crippen LogP contribution in [0.2, 0.25) is 0 Å². The van der Waals surface area contributed by atoms with E-state index in [0.29, 0.717) is 0 Å². The first-order valence-corrected chi connectivity index (χ1v) is 8.72. The molecular formula is C19H19N3OS. The van der Waals surface area contributed by atoms with Crippen LogP contribution in [0, 0.1) is 6.92 Å². The molecule has 0 aliphatic rings. The number of thiazole rings is 1. The van der Waals surface area contributed by atoms with E-state index < -0.39 is 0 Å². The number of benzene rings is 1. The summed E-state index contributed by atoms with van der Waals surface area (Å²) in [5, 5.41) is 5.88. The topological polar surface area (TPSA) is 54.9 Å². The predicted octanol–water partition coefficient (Wildman–Crippen LogP) is 3.93. The average molecular weight is 337 g/mol. The van der Waals surface area contributed by atoms with Gasteiger partial charge in [0.25, 0.3) is 0 Å². The Bertz CT molecular complexity index is 829. The van der Waals surface area contributed by atoms with E-state index in [1.165, 1.54) is 0 Å². The Morgan fingerprint density at radius 3 is 2.75 bits per heavy atom. The van der Waals surface area contributed by atoms with Crippen molar-refractivity contribution < 1.29 is 4.79 Å². The lowest BCUT2D eigenvalue weighted by molar-refractivity contribution is -0.121. The van der Waals surface area contributed by atoms with Crippen LogP contribution in [0.3, 0.4) is 0 Å². The number of pyridine rings is 1. The predicted molar refractivity (Wildman–Crippen MR) is 96.8 cm³/mol. The van der Waals surface area contributed by atoms with Gasteiger partial charge < -0.3 is 5.32 Å². The van der Waals surface area contributed by atoms with Gasteiger partial charge in [0.05, 0.1) is 23.9 Å². The summed E-state index contributed by atoms with van der Waals surface area (Å²) in [5.41, 5.74) is 3.84. The molecule has 4 nitrogen and oxygen atoms in total. The molecule has 0 bridgehead atoms. The van der Waals surface area contributed by atoms with Gasteiger partial charge in [0, 0.05) is 17.1 Å². The summed E-state index contributed by atoms with van der Waals surface area (Å²) in [6.07, 6.45) is 2.02. The second kappa shape index (κ2) is 7.36. The van der Waals surface area contributed by atoms with Crippen molar-refractivity contribution in [3.8, 4) is 10.6 Å². The van der Waals surface area contributed by atoms with Gasteiger partial charge in [-0.3, -0.25) is 9.78 Å². The Morgan fingerprint density at radius 1 is 1.21 bits per heavy atom. The Labute approximate surface area is 145 Å². The van der Waals surface area contributed by atoms with Crippen LogP contribution in [-0.2, 0) is 11.2 Å². The lowest BCUT2D eigenvalue weighted by Gasteiger charge is -2.14. The number of aromatic nitrogens is 2. The number of hydrogen-bond donors (Lipinski definition) is 1. The number of carbonyl (C=O) groups is 1. The van der Waals surface area contributed by atoms with E-state index in [4.69, 9.17) is 0 Å². The first-order valence-electron chi connectivity index (χ1n) is 7.84. The molecule has 122 valence electrons. The van der Waals surface area contributed by atoms with Gasteiger partial charge in [-0.25, -0.2) is 4.98 Å². The van der Waals surface area contributed by atoms with Crippen LogP contribution in [0.25, 0.3) is 10.6 Å². The third kappa shape index (κ3) is 3.86. The van der Waals surface area contributed by atoms with Crippen LogP contribution in [0.1, 0.15) is 29.9 Å². The molecule has 2 heterocycles. The molecule has 3 aromatic rings. The molecule has 1 atom stereocenters. The third-order valence-electron chi connectivity index (χ3n) is 3.75. The van der Waals surface area contributed by atoms with E-state index >= 15 is 0 Å². The highest BCUT2D eigenvalue weighted by molar-refractivity contribution is 7.13. The lowest BCUT2D eigenvalue weighted by Crippen LogP contribution is -2.29. The molecule has 2 aromatic heterocycles. The summed E-state index contributed by atoms with van der Waals surface area (Å²) in [7, 11) is 0. The molecule has 0 aliphatic carbocycles. The summed E-state index contributed by atoms with van der Waals surface area (Å²) in [5.74, 6) is -0.0440. The minimum Gasteiger partial charge on any atom is -0.348 e. The van der Waals surface area contributed by atoms with Crippen molar-refractivity contribution in [2.24, 2.45) is 0 Å². The molecule has 0 aliphatic heterocycles. The maximum atomic E-state index is 12.3. The van der Waals surface area contributed by atoms with E-state index in [1.807, 2.05) is 61.7 Å². The number of nitrogens with one attached hydrogen (secondary N) is 1. The van der Waals surface area contributed by atoms with Crippen LogP contribution in [0.4, 0.5) is 0 Å². The van der Waals surface area contributed by atoms with Crippen LogP contribution in [0.5, 0.6) is 0 Å². The fraction of sp³-hybridized carbons (Fsp3) is 0.211. The van der Waals surface area contributed by atoms with Crippen LogP contribution >= 0.6 is 11.3 Å². The summed E-state index contributed by atoms with van der Waals surface area (Å²) in [6.45, 7) is 3.95. The third-order valence-corrected chi connectivity index (χ3v) is 4.69. The molecule has 0 fully saturated rings. The minimum atomic E-state index is -0.120. The second-order valence-corrected chi connectivity index (χ2v) is 6.54. The van der Waals surface area contributed by atoms with Gasteiger partial charge in [-0.2, -0.15) is 0 Å². The Hall–Kier alpha value is -2.53. The van der Waals surface area contributed by atoms with Gasteiger partial charge in [0.2, 0.25) is 5.91 Å². The maximum Gasteiger partial charge on any atom is 0.226 e. The lowest BCUT2D eigenvalue weighted by atomic mass is 10.1. The zero-order valence-electron chi connectivity index (χ0n) is 13.7. The summed E-state index contributed by atoms with van der Waals surface area (Å²) in [4.78, 5) is 21.2. The van der Waals surface area contributed by atoms with E-state index in [0.717, 1.165) is 27.5 Å². The quantitative estimate of drug-likeness (QED) is 0.767. The van der Waals surface area contributed by atoms with Gasteiger partial charge in [-0.15, -0.1) is 11.3 Å². The highest BCUT2D eigenvalue weighted by Gasteiger charge is 2.14. The van der Waals surface area contributed by atoms with Crippen LogP contribution in [0.15, 0.2) is 54.0 Å². The molecule has 24 heavy (non-hydrogen) atoms. The molecule has 0 radical (unpaired) electrons. The largest absolute Gasteiger partial charge is 0.348 e. The monoisotopic (exact) mass is 337 g/mol. The molecule has 1 N–H and O–H groups in total. The van der Waals surface area contributed by atoms with Gasteiger partial charge in [0.1, 0.15) is 5.01 Å². The highest BCUT2D eigenvalue weighted by atomic mass is 32.1. The van der Waals surface area contributed by atoms with Crippen molar-refractivity contribution >= 4 is 17.2 Å². The van der Waals surface area contributed by atoms with Gasteiger partial charge in [0.15, 0.2) is 0 Å². The number of rotatable bonds is 5. The molecule has 1 aromatic carbocycles. The number of nitrogens with zero attached hydrogens (tertiary/aromatic N) is 2. The van der Waals surface area contributed by atoms with E-state index in [1.54, 1.807) is 17.5 Å². The van der Waals surface area contributed by atoms with Crippen molar-refractivity contribution in [3.63, 3.8) is 0 Å². The van der Waals surface area contributed by atoms with E-state index in [9.17, 15) is 4.79 Å². The van der Waals surface area contributed by atoms with Crippen molar-refractivity contribution in [1.82, 2.24) is 15.3 Å². The second-order valence-electron chi connectivity index (χ2n) is 5.68. The molecule has 5 heteroatoms. The van der Waals surface area contributed by atoms with Gasteiger partial charge in [-0.05, 0) is 25.5 Å². The smallest absolute Gasteiger partial charge is 0.226 e. The Morgan fingerprint density at radius 2 is 2.00 bits per heavy atom. The average Bonchev–Trinajstić information content (AvgIpc) is 3.04. The summed E-state index contributed by atoms with van der Waals surface area (Å²) in [6, 6.07) is 13.8. The molecule has 0 saturated carbocycles. The number of hydrogen-bond acceptors (Lipinski definition) is 4. The number of aryl methyl sites for hydroxylation is 1. The van der Waals surface area contributed by atoms with Gasteiger partial charge >= 0.3 is 0 Å². The Balaban J connectivity index is 1.63. The minimum absolute atomic E-state index is 0.0440. The first-order chi connectivity index (χ1) is 11.6. The van der Waals surface area contributed by atoms with Crippen molar-refractivity contribution in [2.45, 2.75) is 26.3 Å². The fourth-order valence-electron chi connectivity index (χ4n) is 2.58.